The lowest BCUT2D eigenvalue weighted by atomic mass is 10.1. The fourth-order valence-electron chi connectivity index (χ4n) is 3.71. The fourth-order valence-corrected chi connectivity index (χ4v) is 3.71. The van der Waals surface area contributed by atoms with Gasteiger partial charge in [0, 0.05) is 43.0 Å². The quantitative estimate of drug-likeness (QED) is 0.631. The molecule has 2 aromatic rings. The number of anilines is 1. The van der Waals surface area contributed by atoms with Gasteiger partial charge in [-0.15, -0.1) is 0 Å². The van der Waals surface area contributed by atoms with Crippen molar-refractivity contribution in [1.29, 1.82) is 0 Å². The van der Waals surface area contributed by atoms with Crippen LogP contribution in [-0.4, -0.2) is 50.4 Å². The molecule has 1 N–H and O–H groups in total. The van der Waals surface area contributed by atoms with E-state index in [-0.39, 0.29) is 0 Å². The minimum absolute atomic E-state index is 0.478. The van der Waals surface area contributed by atoms with E-state index in [1.54, 1.807) is 0 Å². The predicted molar refractivity (Wildman–Crippen MR) is 108 cm³/mol. The molecule has 4 nitrogen and oxygen atoms in total. The summed E-state index contributed by atoms with van der Waals surface area (Å²) in [5.74, 6) is 7.30. The number of hydrogen-bond acceptors (Lipinski definition) is 4. The minimum atomic E-state index is 0.478. The van der Waals surface area contributed by atoms with Gasteiger partial charge in [0.25, 0.3) is 0 Å². The average Bonchev–Trinajstić information content (AvgIpc) is 3.34. The fraction of sp³-hybridized carbons (Fsp3) is 0.391. The van der Waals surface area contributed by atoms with Crippen molar-refractivity contribution in [3.05, 3.63) is 59.7 Å². The molecule has 0 aromatic heterocycles. The van der Waals surface area contributed by atoms with Crippen molar-refractivity contribution in [2.75, 3.05) is 38.7 Å². The second-order valence-electron chi connectivity index (χ2n) is 7.14. The Bertz CT molecular complexity index is 805. The van der Waals surface area contributed by atoms with Crippen LogP contribution in [0.1, 0.15) is 24.0 Å². The first-order valence-corrected chi connectivity index (χ1v) is 9.68. The summed E-state index contributed by atoms with van der Waals surface area (Å²) in [7, 11) is 1.91. The second-order valence-corrected chi connectivity index (χ2v) is 7.14. The number of fused-ring (bicyclic) bond motifs is 2. The minimum Gasteiger partial charge on any atom is -0.494 e. The third-order valence-electron chi connectivity index (χ3n) is 5.25. The Hall–Kier alpha value is -2.48. The van der Waals surface area contributed by atoms with E-state index < -0.39 is 0 Å². The smallest absolute Gasteiger partial charge is 0.119 e. The molecule has 4 rings (SSSR count). The van der Waals surface area contributed by atoms with Crippen molar-refractivity contribution < 1.29 is 9.47 Å². The molecule has 2 unspecified atom stereocenters. The third-order valence-corrected chi connectivity index (χ3v) is 5.25. The summed E-state index contributed by atoms with van der Waals surface area (Å²) in [6, 6.07) is 16.8. The second kappa shape index (κ2) is 8.47. The van der Waals surface area contributed by atoms with Gasteiger partial charge >= 0.3 is 0 Å². The van der Waals surface area contributed by atoms with Gasteiger partial charge in [0.2, 0.25) is 0 Å². The van der Waals surface area contributed by atoms with E-state index in [4.69, 9.17) is 9.47 Å². The number of nitrogens with one attached hydrogen (secondary N) is 1. The topological polar surface area (TPSA) is 33.7 Å². The molecule has 0 saturated carbocycles. The first kappa shape index (κ1) is 17.9. The number of likely N-dealkylation sites (tertiary alicyclic amines) is 1. The third kappa shape index (κ3) is 4.63. The van der Waals surface area contributed by atoms with E-state index >= 15 is 0 Å². The summed E-state index contributed by atoms with van der Waals surface area (Å²) in [5.41, 5.74) is 3.09. The van der Waals surface area contributed by atoms with Crippen LogP contribution in [0.15, 0.2) is 48.5 Å². The number of morpholine rings is 1. The van der Waals surface area contributed by atoms with Crippen LogP contribution < -0.4 is 10.1 Å². The van der Waals surface area contributed by atoms with Crippen LogP contribution >= 0.6 is 0 Å². The molecule has 0 spiro atoms. The number of rotatable bonds is 6. The van der Waals surface area contributed by atoms with E-state index in [0.29, 0.717) is 12.1 Å². The zero-order chi connectivity index (χ0) is 18.5. The van der Waals surface area contributed by atoms with Crippen molar-refractivity contribution in [2.24, 2.45) is 0 Å². The predicted octanol–water partition coefficient (Wildman–Crippen LogP) is 3.37. The number of benzene rings is 2. The van der Waals surface area contributed by atoms with Gasteiger partial charge in [-0.1, -0.05) is 11.8 Å². The van der Waals surface area contributed by atoms with Crippen LogP contribution in [0.25, 0.3) is 0 Å². The van der Waals surface area contributed by atoms with Crippen LogP contribution in [0.2, 0.25) is 0 Å². The van der Waals surface area contributed by atoms with Gasteiger partial charge in [-0.2, -0.15) is 0 Å². The van der Waals surface area contributed by atoms with Crippen molar-refractivity contribution in [3.63, 3.8) is 0 Å². The lowest BCUT2D eigenvalue weighted by Crippen LogP contribution is -2.37. The molecule has 27 heavy (non-hydrogen) atoms. The maximum absolute atomic E-state index is 5.88. The Balaban J connectivity index is 1.22. The zero-order valence-corrected chi connectivity index (χ0v) is 15.8. The Morgan fingerprint density at radius 2 is 1.78 bits per heavy atom. The van der Waals surface area contributed by atoms with Crippen molar-refractivity contribution >= 4 is 5.69 Å². The summed E-state index contributed by atoms with van der Waals surface area (Å²) >= 11 is 0. The number of ether oxygens (including phenoxy) is 2. The highest BCUT2D eigenvalue weighted by molar-refractivity contribution is 5.50. The molecular formula is C23H26N2O2. The maximum Gasteiger partial charge on any atom is 0.119 e. The molecule has 2 aliphatic heterocycles. The van der Waals surface area contributed by atoms with Crippen molar-refractivity contribution in [1.82, 2.24) is 4.90 Å². The first-order valence-electron chi connectivity index (χ1n) is 9.68. The molecule has 0 amide bonds. The molecule has 2 heterocycles. The van der Waals surface area contributed by atoms with Crippen LogP contribution in [0.4, 0.5) is 5.69 Å². The molecule has 0 aliphatic carbocycles. The van der Waals surface area contributed by atoms with Crippen molar-refractivity contribution in [3.8, 4) is 17.6 Å². The molecule has 2 bridgehead atoms. The van der Waals surface area contributed by atoms with E-state index in [1.807, 2.05) is 55.6 Å². The van der Waals surface area contributed by atoms with Gasteiger partial charge in [-0.25, -0.2) is 0 Å². The van der Waals surface area contributed by atoms with Gasteiger partial charge in [0.05, 0.1) is 19.3 Å². The summed E-state index contributed by atoms with van der Waals surface area (Å²) in [6.45, 7) is 3.85. The van der Waals surface area contributed by atoms with Crippen LogP contribution in [0, 0.1) is 11.8 Å². The van der Waals surface area contributed by atoms with Gasteiger partial charge in [-0.3, -0.25) is 4.90 Å². The first-order chi connectivity index (χ1) is 13.3. The summed E-state index contributed by atoms with van der Waals surface area (Å²) in [4.78, 5) is 2.54. The largest absolute Gasteiger partial charge is 0.494 e. The Labute approximate surface area is 161 Å². The molecular weight excluding hydrogens is 336 g/mol. The van der Waals surface area contributed by atoms with E-state index in [9.17, 15) is 0 Å². The standard InChI is InChI=1S/C23H26N2O2/c1-24-20-9-5-18(6-10-20)3-4-19-7-11-22(12-8-19)26-14-2-13-25-16-23-15-21(25)17-27-23/h5-12,21,23-24H,2,13-17H2,1H3. The maximum atomic E-state index is 5.88. The molecule has 2 aromatic carbocycles. The van der Waals surface area contributed by atoms with Gasteiger partial charge in [0.15, 0.2) is 0 Å². The molecule has 2 fully saturated rings. The molecule has 140 valence electrons. The number of hydrogen-bond donors (Lipinski definition) is 1. The highest BCUT2D eigenvalue weighted by Gasteiger charge is 2.38. The Morgan fingerprint density at radius 3 is 2.37 bits per heavy atom. The highest BCUT2D eigenvalue weighted by Crippen LogP contribution is 2.27. The van der Waals surface area contributed by atoms with E-state index in [2.05, 4.69) is 22.1 Å². The van der Waals surface area contributed by atoms with Crippen LogP contribution in [-0.2, 0) is 4.74 Å². The van der Waals surface area contributed by atoms with E-state index in [1.165, 1.54) is 6.42 Å². The van der Waals surface area contributed by atoms with Crippen LogP contribution in [0.5, 0.6) is 5.75 Å². The lowest BCUT2D eigenvalue weighted by Gasteiger charge is -2.26. The normalized spacial score (nSPS) is 20.9. The summed E-state index contributed by atoms with van der Waals surface area (Å²) < 4.78 is 11.5. The summed E-state index contributed by atoms with van der Waals surface area (Å²) in [6.07, 6.45) is 2.74. The highest BCUT2D eigenvalue weighted by atomic mass is 16.5. The van der Waals surface area contributed by atoms with Crippen LogP contribution in [0.3, 0.4) is 0 Å². The summed E-state index contributed by atoms with van der Waals surface area (Å²) in [5, 5.41) is 3.11. The zero-order valence-electron chi connectivity index (χ0n) is 15.8. The molecule has 2 aliphatic rings. The lowest BCUT2D eigenvalue weighted by molar-refractivity contribution is 0.0288. The number of nitrogens with zero attached hydrogens (tertiary/aromatic N) is 1. The monoisotopic (exact) mass is 362 g/mol. The van der Waals surface area contributed by atoms with E-state index in [0.717, 1.165) is 55.3 Å². The van der Waals surface area contributed by atoms with Gasteiger partial charge < -0.3 is 14.8 Å². The van der Waals surface area contributed by atoms with Gasteiger partial charge in [-0.05, 0) is 61.4 Å². The Morgan fingerprint density at radius 1 is 1.07 bits per heavy atom. The van der Waals surface area contributed by atoms with Crippen molar-refractivity contribution in [2.45, 2.75) is 25.0 Å². The average molecular weight is 362 g/mol. The molecule has 4 heteroatoms. The SMILES string of the molecule is CNc1ccc(C#Cc2ccc(OCCCN3CC4CC3CO4)cc2)cc1. The molecule has 0 radical (unpaired) electrons. The van der Waals surface area contributed by atoms with Gasteiger partial charge in [0.1, 0.15) is 5.75 Å². The Kier molecular flexibility index (Phi) is 5.62. The molecule has 2 atom stereocenters. The molecule has 2 saturated heterocycles.